The van der Waals surface area contributed by atoms with Gasteiger partial charge in [-0.15, -0.1) is 0 Å². The van der Waals surface area contributed by atoms with E-state index in [1.807, 2.05) is 37.3 Å². The van der Waals surface area contributed by atoms with Gasteiger partial charge in [-0.2, -0.15) is 5.26 Å². The quantitative estimate of drug-likeness (QED) is 0.651. The van der Waals surface area contributed by atoms with Crippen molar-refractivity contribution in [3.63, 3.8) is 0 Å². The maximum absolute atomic E-state index is 12.8. The van der Waals surface area contributed by atoms with Gasteiger partial charge in [0.15, 0.2) is 0 Å². The molecule has 1 aromatic rings. The number of benzene rings is 1. The molecule has 1 heterocycles. The van der Waals surface area contributed by atoms with Gasteiger partial charge in [0.05, 0.1) is 11.8 Å². The number of carbonyl (C=O) groups is 1. The zero-order chi connectivity index (χ0) is 19.0. The number of hydrogen-bond donors (Lipinski definition) is 0. The van der Waals surface area contributed by atoms with Gasteiger partial charge in [0.25, 0.3) is 0 Å². The molecular weight excluding hydrogens is 350 g/mol. The van der Waals surface area contributed by atoms with E-state index in [4.69, 9.17) is 5.26 Å². The molecule has 0 N–H and O–H groups in total. The van der Waals surface area contributed by atoms with Crippen LogP contribution in [0.5, 0.6) is 0 Å². The summed E-state index contributed by atoms with van der Waals surface area (Å²) in [6.07, 6.45) is 2.53. The summed E-state index contributed by atoms with van der Waals surface area (Å²) in [6, 6.07) is 11.7. The van der Waals surface area contributed by atoms with Gasteiger partial charge in [-0.05, 0) is 24.8 Å². The van der Waals surface area contributed by atoms with Crippen molar-refractivity contribution < 1.29 is 13.2 Å². The highest BCUT2D eigenvalue weighted by molar-refractivity contribution is 7.89. The average molecular weight is 378 g/mol. The molecule has 0 atom stereocenters. The second-order valence-corrected chi connectivity index (χ2v) is 8.77. The molecule has 1 amide bonds. The van der Waals surface area contributed by atoms with Crippen molar-refractivity contribution in [2.45, 2.75) is 39.2 Å². The first kappa shape index (κ1) is 20.4. The van der Waals surface area contributed by atoms with Crippen LogP contribution in [-0.4, -0.2) is 48.9 Å². The number of unbranched alkanes of at least 4 members (excludes halogenated alkanes) is 1. The Hall–Kier alpha value is -1.91. The van der Waals surface area contributed by atoms with Crippen LogP contribution in [0.25, 0.3) is 0 Å². The molecule has 0 aromatic heterocycles. The standard InChI is InChI=1S/C19H27N3O3S/c1-2-3-15-26(24,25)22-12-9-18(10-13-22)19(23)21(14-11-20)16-17-7-5-4-6-8-17/h4-8,18H,2-3,9-10,12-16H2,1H3. The van der Waals surface area contributed by atoms with Crippen molar-refractivity contribution in [3.05, 3.63) is 35.9 Å². The molecule has 0 radical (unpaired) electrons. The third-order valence-corrected chi connectivity index (χ3v) is 6.70. The highest BCUT2D eigenvalue weighted by Gasteiger charge is 2.32. The van der Waals surface area contributed by atoms with E-state index in [2.05, 4.69) is 6.07 Å². The van der Waals surface area contributed by atoms with E-state index in [1.165, 1.54) is 4.31 Å². The van der Waals surface area contributed by atoms with E-state index >= 15 is 0 Å². The number of nitrogens with zero attached hydrogens (tertiary/aromatic N) is 3. The molecule has 1 saturated heterocycles. The van der Waals surface area contributed by atoms with E-state index in [1.54, 1.807) is 4.90 Å². The first-order chi connectivity index (χ1) is 12.5. The van der Waals surface area contributed by atoms with E-state index < -0.39 is 10.0 Å². The molecule has 1 aromatic carbocycles. The predicted octanol–water partition coefficient (Wildman–Crippen LogP) is 2.38. The average Bonchev–Trinajstić information content (AvgIpc) is 2.66. The number of hydrogen-bond acceptors (Lipinski definition) is 4. The Morgan fingerprint density at radius 3 is 2.50 bits per heavy atom. The first-order valence-electron chi connectivity index (χ1n) is 9.15. The molecule has 1 aliphatic heterocycles. The number of rotatable bonds is 8. The Morgan fingerprint density at radius 2 is 1.92 bits per heavy atom. The summed E-state index contributed by atoms with van der Waals surface area (Å²) in [4.78, 5) is 14.4. The minimum absolute atomic E-state index is 0.0444. The fourth-order valence-electron chi connectivity index (χ4n) is 3.20. The van der Waals surface area contributed by atoms with Crippen LogP contribution in [0.2, 0.25) is 0 Å². The molecule has 0 aliphatic carbocycles. The number of carbonyl (C=O) groups excluding carboxylic acids is 1. The molecule has 0 spiro atoms. The van der Waals surface area contributed by atoms with Crippen molar-refractivity contribution in [1.29, 1.82) is 5.26 Å². The Morgan fingerprint density at radius 1 is 1.27 bits per heavy atom. The van der Waals surface area contributed by atoms with Crippen molar-refractivity contribution >= 4 is 15.9 Å². The van der Waals surface area contributed by atoms with Gasteiger partial charge < -0.3 is 4.90 Å². The highest BCUT2D eigenvalue weighted by Crippen LogP contribution is 2.23. The second-order valence-electron chi connectivity index (χ2n) is 6.68. The van der Waals surface area contributed by atoms with Crippen molar-refractivity contribution in [3.8, 4) is 6.07 Å². The van der Waals surface area contributed by atoms with Gasteiger partial charge in [-0.1, -0.05) is 43.7 Å². The molecule has 0 saturated carbocycles. The van der Waals surface area contributed by atoms with Gasteiger partial charge in [-0.3, -0.25) is 4.79 Å². The summed E-state index contributed by atoms with van der Waals surface area (Å²) in [5, 5.41) is 9.06. The SMILES string of the molecule is CCCCS(=O)(=O)N1CCC(C(=O)N(CC#N)Cc2ccccc2)CC1. The number of piperidine rings is 1. The maximum atomic E-state index is 12.8. The monoisotopic (exact) mass is 377 g/mol. The predicted molar refractivity (Wildman–Crippen MR) is 100 cm³/mol. The lowest BCUT2D eigenvalue weighted by atomic mass is 9.96. The van der Waals surface area contributed by atoms with Crippen LogP contribution in [0.3, 0.4) is 0 Å². The molecule has 2 rings (SSSR count). The van der Waals surface area contributed by atoms with Crippen LogP contribution in [0, 0.1) is 17.2 Å². The highest BCUT2D eigenvalue weighted by atomic mass is 32.2. The van der Waals surface area contributed by atoms with Gasteiger partial charge in [0.1, 0.15) is 6.54 Å². The van der Waals surface area contributed by atoms with Gasteiger partial charge in [0, 0.05) is 25.6 Å². The molecule has 1 fully saturated rings. The fraction of sp³-hybridized carbons (Fsp3) is 0.579. The van der Waals surface area contributed by atoms with Crippen molar-refractivity contribution in [2.75, 3.05) is 25.4 Å². The summed E-state index contributed by atoms with van der Waals surface area (Å²) in [7, 11) is -3.22. The summed E-state index contributed by atoms with van der Waals surface area (Å²) >= 11 is 0. The topological polar surface area (TPSA) is 81.5 Å². The number of amides is 1. The Labute approximate surface area is 156 Å². The maximum Gasteiger partial charge on any atom is 0.226 e. The third kappa shape index (κ3) is 5.55. The summed E-state index contributed by atoms with van der Waals surface area (Å²) in [5.74, 6) is -0.0952. The molecule has 26 heavy (non-hydrogen) atoms. The molecular formula is C19H27N3O3S. The molecule has 0 bridgehead atoms. The lowest BCUT2D eigenvalue weighted by Gasteiger charge is -2.33. The van der Waals surface area contributed by atoms with E-state index in [0.29, 0.717) is 38.9 Å². The van der Waals surface area contributed by atoms with Gasteiger partial charge >= 0.3 is 0 Å². The smallest absolute Gasteiger partial charge is 0.226 e. The lowest BCUT2D eigenvalue weighted by molar-refractivity contribution is -0.136. The van der Waals surface area contributed by atoms with Crippen molar-refractivity contribution in [2.24, 2.45) is 5.92 Å². The Kier molecular flexibility index (Phi) is 7.61. The van der Waals surface area contributed by atoms with Crippen molar-refractivity contribution in [1.82, 2.24) is 9.21 Å². The third-order valence-electron chi connectivity index (χ3n) is 4.74. The molecule has 1 aliphatic rings. The zero-order valence-electron chi connectivity index (χ0n) is 15.3. The van der Waals surface area contributed by atoms with E-state index in [9.17, 15) is 13.2 Å². The molecule has 142 valence electrons. The Bertz CT molecular complexity index is 720. The van der Waals surface area contributed by atoms with Crippen LogP contribution < -0.4 is 0 Å². The van der Waals surface area contributed by atoms with Crippen LogP contribution >= 0.6 is 0 Å². The van der Waals surface area contributed by atoms with Crippen LogP contribution in [0.4, 0.5) is 0 Å². The normalized spacial score (nSPS) is 16.2. The zero-order valence-corrected chi connectivity index (χ0v) is 16.1. The summed E-state index contributed by atoms with van der Waals surface area (Å²) < 4.78 is 26.1. The molecule has 6 nitrogen and oxygen atoms in total. The largest absolute Gasteiger partial charge is 0.325 e. The van der Waals surface area contributed by atoms with Crippen LogP contribution in [0.1, 0.15) is 38.2 Å². The summed E-state index contributed by atoms with van der Waals surface area (Å²) in [6.45, 7) is 3.18. The Balaban J connectivity index is 1.96. The van der Waals surface area contributed by atoms with Crippen LogP contribution in [0.15, 0.2) is 30.3 Å². The lowest BCUT2D eigenvalue weighted by Crippen LogP contribution is -2.44. The molecule has 0 unspecified atom stereocenters. The van der Waals surface area contributed by atoms with Crippen LogP contribution in [-0.2, 0) is 21.4 Å². The van der Waals surface area contributed by atoms with Gasteiger partial charge in [-0.25, -0.2) is 12.7 Å². The fourth-order valence-corrected chi connectivity index (χ4v) is 4.87. The summed E-state index contributed by atoms with van der Waals surface area (Å²) in [5.41, 5.74) is 0.982. The van der Waals surface area contributed by atoms with E-state index in [0.717, 1.165) is 12.0 Å². The molecule has 7 heteroatoms. The number of sulfonamides is 1. The van der Waals surface area contributed by atoms with E-state index in [-0.39, 0.29) is 24.1 Å². The minimum Gasteiger partial charge on any atom is -0.325 e. The second kappa shape index (κ2) is 9.70. The first-order valence-corrected chi connectivity index (χ1v) is 10.8. The number of nitriles is 1. The minimum atomic E-state index is -3.22. The van der Waals surface area contributed by atoms with Gasteiger partial charge in [0.2, 0.25) is 15.9 Å².